The summed E-state index contributed by atoms with van der Waals surface area (Å²) in [5.74, 6) is -0.215. The number of anilines is 1. The molecule has 0 unspecified atom stereocenters. The summed E-state index contributed by atoms with van der Waals surface area (Å²) in [6.45, 7) is 1.22. The van der Waals surface area contributed by atoms with E-state index >= 15 is 0 Å². The molecule has 1 aliphatic heterocycles. The number of hydrogen-bond donors (Lipinski definition) is 2. The van der Waals surface area contributed by atoms with E-state index in [0.717, 1.165) is 19.4 Å². The van der Waals surface area contributed by atoms with Crippen molar-refractivity contribution in [1.82, 2.24) is 5.32 Å². The summed E-state index contributed by atoms with van der Waals surface area (Å²) < 4.78 is 32.6. The second-order valence-corrected chi connectivity index (χ2v) is 8.10. The minimum atomic E-state index is -3.71. The van der Waals surface area contributed by atoms with Crippen LogP contribution in [-0.4, -0.2) is 33.6 Å². The van der Waals surface area contributed by atoms with Crippen LogP contribution >= 0.6 is 11.6 Å². The Morgan fingerprint density at radius 1 is 1.12 bits per heavy atom. The molecule has 2 aromatic rings. The Morgan fingerprint density at radius 3 is 2.42 bits per heavy atom. The van der Waals surface area contributed by atoms with Crippen LogP contribution in [0.5, 0.6) is 0 Å². The molecule has 3 rings (SSSR count). The van der Waals surface area contributed by atoms with E-state index in [1.54, 1.807) is 24.3 Å². The standard InChI is InChI=1S/C18H19ClN2O4S/c19-14-5-9-17(10-6-14)26(23,24)21-15-7-3-13(4-8-15)18(22)20-12-16-2-1-11-25-16/h3-10,16,21H,1-2,11-12H2,(H,20,22)/t16-/m1/s1. The fourth-order valence-corrected chi connectivity index (χ4v) is 3.82. The molecular weight excluding hydrogens is 376 g/mol. The molecule has 1 amide bonds. The maximum absolute atomic E-state index is 12.3. The molecule has 0 spiro atoms. The predicted molar refractivity (Wildman–Crippen MR) is 100 cm³/mol. The SMILES string of the molecule is O=C(NC[C@H]1CCCO1)c1ccc(NS(=O)(=O)c2ccc(Cl)cc2)cc1. The smallest absolute Gasteiger partial charge is 0.261 e. The third kappa shape index (κ3) is 4.75. The van der Waals surface area contributed by atoms with Crippen LogP contribution in [0.25, 0.3) is 0 Å². The van der Waals surface area contributed by atoms with Gasteiger partial charge in [-0.2, -0.15) is 0 Å². The molecule has 8 heteroatoms. The summed E-state index contributed by atoms with van der Waals surface area (Å²) in [4.78, 5) is 12.2. The van der Waals surface area contributed by atoms with Crippen LogP contribution in [0.2, 0.25) is 5.02 Å². The number of halogens is 1. The Morgan fingerprint density at radius 2 is 1.81 bits per heavy atom. The molecule has 0 saturated carbocycles. The van der Waals surface area contributed by atoms with Crippen molar-refractivity contribution in [1.29, 1.82) is 0 Å². The van der Waals surface area contributed by atoms with Crippen molar-refractivity contribution in [3.05, 3.63) is 59.1 Å². The fourth-order valence-electron chi connectivity index (χ4n) is 2.63. The molecule has 0 bridgehead atoms. The Balaban J connectivity index is 1.61. The molecule has 1 saturated heterocycles. The topological polar surface area (TPSA) is 84.5 Å². The number of rotatable bonds is 6. The maximum atomic E-state index is 12.3. The summed E-state index contributed by atoms with van der Waals surface area (Å²) in [5.41, 5.74) is 0.827. The lowest BCUT2D eigenvalue weighted by atomic mass is 10.2. The molecule has 6 nitrogen and oxygen atoms in total. The van der Waals surface area contributed by atoms with Crippen LogP contribution in [0.4, 0.5) is 5.69 Å². The van der Waals surface area contributed by atoms with E-state index in [4.69, 9.17) is 16.3 Å². The van der Waals surface area contributed by atoms with Crippen LogP contribution < -0.4 is 10.0 Å². The van der Waals surface area contributed by atoms with Crippen molar-refractivity contribution >= 4 is 33.2 Å². The van der Waals surface area contributed by atoms with Gasteiger partial charge in [-0.15, -0.1) is 0 Å². The second-order valence-electron chi connectivity index (χ2n) is 5.98. The lowest BCUT2D eigenvalue weighted by Crippen LogP contribution is -2.31. The van der Waals surface area contributed by atoms with Gasteiger partial charge in [-0.05, 0) is 61.4 Å². The maximum Gasteiger partial charge on any atom is 0.261 e. The molecule has 0 radical (unpaired) electrons. The van der Waals surface area contributed by atoms with Crippen molar-refractivity contribution in [3.8, 4) is 0 Å². The van der Waals surface area contributed by atoms with Gasteiger partial charge in [-0.1, -0.05) is 11.6 Å². The molecule has 1 heterocycles. The third-order valence-electron chi connectivity index (χ3n) is 4.04. The lowest BCUT2D eigenvalue weighted by Gasteiger charge is -2.11. The van der Waals surface area contributed by atoms with Gasteiger partial charge < -0.3 is 10.1 Å². The van der Waals surface area contributed by atoms with Crippen LogP contribution in [-0.2, 0) is 14.8 Å². The molecule has 0 aliphatic carbocycles. The molecule has 1 aliphatic rings. The molecular formula is C18H19ClN2O4S. The number of nitrogens with one attached hydrogen (secondary N) is 2. The monoisotopic (exact) mass is 394 g/mol. The highest BCUT2D eigenvalue weighted by atomic mass is 35.5. The molecule has 0 aromatic heterocycles. The van der Waals surface area contributed by atoms with Crippen LogP contribution in [0.1, 0.15) is 23.2 Å². The highest BCUT2D eigenvalue weighted by Gasteiger charge is 2.17. The number of hydrogen-bond acceptors (Lipinski definition) is 4. The van der Waals surface area contributed by atoms with Crippen molar-refractivity contribution in [2.75, 3.05) is 17.9 Å². The summed E-state index contributed by atoms with van der Waals surface area (Å²) >= 11 is 5.78. The van der Waals surface area contributed by atoms with Crippen molar-refractivity contribution < 1.29 is 17.9 Å². The largest absolute Gasteiger partial charge is 0.376 e. The van der Waals surface area contributed by atoms with Crippen molar-refractivity contribution in [2.24, 2.45) is 0 Å². The number of benzene rings is 2. The quantitative estimate of drug-likeness (QED) is 0.788. The Hall–Kier alpha value is -2.09. The first kappa shape index (κ1) is 18.7. The van der Waals surface area contributed by atoms with E-state index < -0.39 is 10.0 Å². The van der Waals surface area contributed by atoms with Gasteiger partial charge in [-0.3, -0.25) is 9.52 Å². The summed E-state index contributed by atoms with van der Waals surface area (Å²) in [7, 11) is -3.71. The number of carbonyl (C=O) groups is 1. The first-order valence-corrected chi connectivity index (χ1v) is 10.1. The fraction of sp³-hybridized carbons (Fsp3) is 0.278. The van der Waals surface area contributed by atoms with E-state index in [2.05, 4.69) is 10.0 Å². The van der Waals surface area contributed by atoms with Crippen LogP contribution in [0, 0.1) is 0 Å². The van der Waals surface area contributed by atoms with E-state index in [-0.39, 0.29) is 16.9 Å². The lowest BCUT2D eigenvalue weighted by molar-refractivity contribution is 0.0858. The van der Waals surface area contributed by atoms with Gasteiger partial charge in [0.15, 0.2) is 0 Å². The average Bonchev–Trinajstić information content (AvgIpc) is 3.14. The van der Waals surface area contributed by atoms with Gasteiger partial charge in [0.25, 0.3) is 15.9 Å². The molecule has 2 N–H and O–H groups in total. The summed E-state index contributed by atoms with van der Waals surface area (Å²) in [6.07, 6.45) is 2.04. The Bertz CT molecular complexity index is 861. The number of amides is 1. The first-order valence-electron chi connectivity index (χ1n) is 8.22. The van der Waals surface area contributed by atoms with Gasteiger partial charge in [-0.25, -0.2) is 8.42 Å². The molecule has 26 heavy (non-hydrogen) atoms. The number of carbonyl (C=O) groups excluding carboxylic acids is 1. The zero-order valence-corrected chi connectivity index (χ0v) is 15.5. The zero-order chi connectivity index (χ0) is 18.6. The number of sulfonamides is 1. The van der Waals surface area contributed by atoms with Crippen molar-refractivity contribution in [3.63, 3.8) is 0 Å². The third-order valence-corrected chi connectivity index (χ3v) is 5.69. The van der Waals surface area contributed by atoms with Crippen LogP contribution in [0.15, 0.2) is 53.4 Å². The van der Waals surface area contributed by atoms with E-state index in [1.807, 2.05) is 0 Å². The van der Waals surface area contributed by atoms with Crippen LogP contribution in [0.3, 0.4) is 0 Å². The van der Waals surface area contributed by atoms with Gasteiger partial charge in [0, 0.05) is 29.4 Å². The normalized spacial score (nSPS) is 17.0. The van der Waals surface area contributed by atoms with Gasteiger partial charge in [0.1, 0.15) is 0 Å². The van der Waals surface area contributed by atoms with Gasteiger partial charge in [0.05, 0.1) is 11.0 Å². The van der Waals surface area contributed by atoms with E-state index in [0.29, 0.717) is 22.8 Å². The highest BCUT2D eigenvalue weighted by molar-refractivity contribution is 7.92. The highest BCUT2D eigenvalue weighted by Crippen LogP contribution is 2.19. The van der Waals surface area contributed by atoms with E-state index in [9.17, 15) is 13.2 Å². The average molecular weight is 395 g/mol. The molecule has 1 atom stereocenters. The van der Waals surface area contributed by atoms with E-state index in [1.165, 1.54) is 24.3 Å². The van der Waals surface area contributed by atoms with Gasteiger partial charge in [0.2, 0.25) is 0 Å². The molecule has 1 fully saturated rings. The molecule has 138 valence electrons. The summed E-state index contributed by atoms with van der Waals surface area (Å²) in [5, 5.41) is 3.29. The number of ether oxygens (including phenoxy) is 1. The molecule has 2 aromatic carbocycles. The predicted octanol–water partition coefficient (Wildman–Crippen LogP) is 3.05. The zero-order valence-electron chi connectivity index (χ0n) is 13.9. The van der Waals surface area contributed by atoms with Gasteiger partial charge >= 0.3 is 0 Å². The minimum absolute atomic E-state index is 0.0735. The first-order chi connectivity index (χ1) is 12.4. The Kier molecular flexibility index (Phi) is 5.80. The van der Waals surface area contributed by atoms with Crippen molar-refractivity contribution in [2.45, 2.75) is 23.8 Å². The Labute approximate surface area is 157 Å². The summed E-state index contributed by atoms with van der Waals surface area (Å²) in [6, 6.07) is 12.1. The minimum Gasteiger partial charge on any atom is -0.376 e. The second kappa shape index (κ2) is 8.07.